The molecule has 4 rings (SSSR count). The number of aromatic nitrogens is 1. The molecule has 0 fully saturated rings. The van der Waals surface area contributed by atoms with Crippen LogP contribution >= 0.6 is 0 Å². The van der Waals surface area contributed by atoms with Crippen molar-refractivity contribution in [2.75, 3.05) is 7.11 Å². The summed E-state index contributed by atoms with van der Waals surface area (Å²) in [6.07, 6.45) is 4.16. The Morgan fingerprint density at radius 3 is 2.08 bits per heavy atom. The molecular formula is C22H17NO2. The summed E-state index contributed by atoms with van der Waals surface area (Å²) in [6, 6.07) is 23.9. The molecule has 3 aromatic carbocycles. The van der Waals surface area contributed by atoms with Crippen LogP contribution in [0.2, 0.25) is 0 Å². The molecular weight excluding hydrogens is 310 g/mol. The van der Waals surface area contributed by atoms with E-state index in [2.05, 4.69) is 29.3 Å². The Labute approximate surface area is 146 Å². The van der Waals surface area contributed by atoms with Crippen LogP contribution < -0.4 is 4.74 Å². The van der Waals surface area contributed by atoms with Gasteiger partial charge >= 0.3 is 0 Å². The molecule has 0 aliphatic rings. The van der Waals surface area contributed by atoms with Crippen molar-refractivity contribution < 1.29 is 9.15 Å². The van der Waals surface area contributed by atoms with Crippen LogP contribution in [0.25, 0.3) is 34.7 Å². The third kappa shape index (κ3) is 3.31. The summed E-state index contributed by atoms with van der Waals surface area (Å²) in [5.74, 6) is 1.51. The van der Waals surface area contributed by atoms with Crippen LogP contribution in [0, 0.1) is 0 Å². The maximum Gasteiger partial charge on any atom is 0.227 e. The van der Waals surface area contributed by atoms with Crippen LogP contribution in [-0.2, 0) is 0 Å². The molecule has 0 unspecified atom stereocenters. The van der Waals surface area contributed by atoms with Crippen molar-refractivity contribution in [3.63, 3.8) is 0 Å². The Kier molecular flexibility index (Phi) is 4.05. The first-order valence-corrected chi connectivity index (χ1v) is 8.10. The molecule has 122 valence electrons. The summed E-state index contributed by atoms with van der Waals surface area (Å²) in [7, 11) is 1.67. The number of ether oxygens (including phenoxy) is 1. The molecule has 0 aliphatic carbocycles. The first-order chi connectivity index (χ1) is 12.3. The summed E-state index contributed by atoms with van der Waals surface area (Å²) in [4.78, 5) is 4.53. The van der Waals surface area contributed by atoms with E-state index >= 15 is 0 Å². The lowest BCUT2D eigenvalue weighted by Gasteiger charge is -2.00. The van der Waals surface area contributed by atoms with Gasteiger partial charge in [0.1, 0.15) is 11.3 Å². The van der Waals surface area contributed by atoms with Crippen molar-refractivity contribution in [3.05, 3.63) is 83.9 Å². The van der Waals surface area contributed by atoms with Gasteiger partial charge in [-0.15, -0.1) is 0 Å². The lowest BCUT2D eigenvalue weighted by Crippen LogP contribution is -1.81. The Hall–Kier alpha value is -3.33. The molecule has 1 aromatic heterocycles. The van der Waals surface area contributed by atoms with Crippen LogP contribution in [0.4, 0.5) is 0 Å². The first-order valence-electron chi connectivity index (χ1n) is 8.10. The zero-order valence-electron chi connectivity index (χ0n) is 13.8. The van der Waals surface area contributed by atoms with Crippen molar-refractivity contribution in [3.8, 4) is 17.2 Å². The predicted octanol–water partition coefficient (Wildman–Crippen LogP) is 5.67. The van der Waals surface area contributed by atoms with Gasteiger partial charge in [-0.2, -0.15) is 0 Å². The maximum atomic E-state index is 5.80. The van der Waals surface area contributed by atoms with Crippen LogP contribution in [0.5, 0.6) is 5.75 Å². The lowest BCUT2D eigenvalue weighted by atomic mass is 10.1. The topological polar surface area (TPSA) is 35.3 Å². The summed E-state index contributed by atoms with van der Waals surface area (Å²) >= 11 is 0. The first kappa shape index (κ1) is 15.2. The Morgan fingerprint density at radius 1 is 0.800 bits per heavy atom. The fourth-order valence-electron chi connectivity index (χ4n) is 2.64. The van der Waals surface area contributed by atoms with Crippen LogP contribution in [0.15, 0.2) is 77.2 Å². The second kappa shape index (κ2) is 6.65. The molecule has 0 aliphatic heterocycles. The van der Waals surface area contributed by atoms with Gasteiger partial charge in [-0.25, -0.2) is 4.98 Å². The average molecular weight is 327 g/mol. The molecule has 0 spiro atoms. The van der Waals surface area contributed by atoms with Crippen molar-refractivity contribution in [1.29, 1.82) is 0 Å². The van der Waals surface area contributed by atoms with Crippen LogP contribution in [-0.4, -0.2) is 12.1 Å². The highest BCUT2D eigenvalue weighted by Crippen LogP contribution is 2.24. The highest BCUT2D eigenvalue weighted by atomic mass is 16.5. The minimum absolute atomic E-state index is 0.645. The highest BCUT2D eigenvalue weighted by molar-refractivity contribution is 5.76. The minimum atomic E-state index is 0.645. The van der Waals surface area contributed by atoms with E-state index < -0.39 is 0 Å². The second-order valence-electron chi connectivity index (χ2n) is 5.72. The Morgan fingerprint density at radius 2 is 1.44 bits per heavy atom. The van der Waals surface area contributed by atoms with Crippen molar-refractivity contribution in [1.82, 2.24) is 4.98 Å². The van der Waals surface area contributed by atoms with Gasteiger partial charge < -0.3 is 9.15 Å². The quantitative estimate of drug-likeness (QED) is 0.453. The van der Waals surface area contributed by atoms with E-state index in [1.165, 1.54) is 0 Å². The number of benzene rings is 3. The highest BCUT2D eigenvalue weighted by Gasteiger charge is 2.06. The standard InChI is InChI=1S/C22H17NO2/c1-24-19-14-10-17(11-15-19)7-6-16-8-12-18(13-9-16)22-23-20-4-2-3-5-21(20)25-22/h2-15H,1H3. The molecule has 0 amide bonds. The minimum Gasteiger partial charge on any atom is -0.497 e. The smallest absolute Gasteiger partial charge is 0.227 e. The van der Waals surface area contributed by atoms with Gasteiger partial charge in [-0.3, -0.25) is 0 Å². The zero-order chi connectivity index (χ0) is 17.1. The molecule has 0 saturated heterocycles. The number of para-hydroxylation sites is 2. The van der Waals surface area contributed by atoms with E-state index in [9.17, 15) is 0 Å². The van der Waals surface area contributed by atoms with Crippen molar-refractivity contribution in [2.45, 2.75) is 0 Å². The second-order valence-corrected chi connectivity index (χ2v) is 5.72. The van der Waals surface area contributed by atoms with E-state index in [1.54, 1.807) is 7.11 Å². The predicted molar refractivity (Wildman–Crippen MR) is 101 cm³/mol. The Bertz CT molecular complexity index is 979. The molecule has 0 bridgehead atoms. The average Bonchev–Trinajstić information content (AvgIpc) is 3.11. The lowest BCUT2D eigenvalue weighted by molar-refractivity contribution is 0.415. The summed E-state index contributed by atoms with van der Waals surface area (Å²) in [5.41, 5.74) is 4.90. The molecule has 0 saturated carbocycles. The van der Waals surface area contributed by atoms with E-state index in [0.29, 0.717) is 5.89 Å². The Balaban J connectivity index is 1.53. The number of oxazole rings is 1. The van der Waals surface area contributed by atoms with Gasteiger partial charge in [0.05, 0.1) is 7.11 Å². The third-order valence-corrected chi connectivity index (χ3v) is 4.04. The van der Waals surface area contributed by atoms with Crippen LogP contribution in [0.3, 0.4) is 0 Å². The van der Waals surface area contributed by atoms with Gasteiger partial charge in [0.2, 0.25) is 5.89 Å². The number of hydrogen-bond acceptors (Lipinski definition) is 3. The van der Waals surface area contributed by atoms with Gasteiger partial charge in [-0.1, -0.05) is 48.6 Å². The number of fused-ring (bicyclic) bond motifs is 1. The van der Waals surface area contributed by atoms with E-state index in [1.807, 2.05) is 60.7 Å². The summed E-state index contributed by atoms with van der Waals surface area (Å²) in [6.45, 7) is 0. The normalized spacial score (nSPS) is 11.2. The molecule has 3 heteroatoms. The van der Waals surface area contributed by atoms with Crippen molar-refractivity contribution in [2.24, 2.45) is 0 Å². The molecule has 0 atom stereocenters. The number of methoxy groups -OCH3 is 1. The fraction of sp³-hybridized carbons (Fsp3) is 0.0455. The van der Waals surface area contributed by atoms with E-state index in [4.69, 9.17) is 9.15 Å². The number of rotatable bonds is 4. The summed E-state index contributed by atoms with van der Waals surface area (Å²) in [5, 5.41) is 0. The van der Waals surface area contributed by atoms with Gasteiger partial charge in [0, 0.05) is 5.56 Å². The van der Waals surface area contributed by atoms with Gasteiger partial charge in [-0.05, 0) is 47.5 Å². The largest absolute Gasteiger partial charge is 0.497 e. The van der Waals surface area contributed by atoms with E-state index in [-0.39, 0.29) is 0 Å². The fourth-order valence-corrected chi connectivity index (χ4v) is 2.64. The molecule has 4 aromatic rings. The monoisotopic (exact) mass is 327 g/mol. The molecule has 3 nitrogen and oxygen atoms in total. The maximum absolute atomic E-state index is 5.80. The molecule has 25 heavy (non-hydrogen) atoms. The van der Waals surface area contributed by atoms with Crippen molar-refractivity contribution >= 4 is 23.3 Å². The SMILES string of the molecule is COc1ccc(C=Cc2ccc(-c3nc4ccccc4o3)cc2)cc1. The number of hydrogen-bond donors (Lipinski definition) is 0. The molecule has 1 heterocycles. The molecule has 0 N–H and O–H groups in total. The third-order valence-electron chi connectivity index (χ3n) is 4.04. The summed E-state index contributed by atoms with van der Waals surface area (Å²) < 4.78 is 11.0. The van der Waals surface area contributed by atoms with Gasteiger partial charge in [0.25, 0.3) is 0 Å². The van der Waals surface area contributed by atoms with Crippen LogP contribution in [0.1, 0.15) is 11.1 Å². The zero-order valence-corrected chi connectivity index (χ0v) is 13.8. The van der Waals surface area contributed by atoms with Gasteiger partial charge in [0.15, 0.2) is 5.58 Å². The number of nitrogens with zero attached hydrogens (tertiary/aromatic N) is 1. The van der Waals surface area contributed by atoms with E-state index in [0.717, 1.165) is 33.5 Å². The molecule has 0 radical (unpaired) electrons.